The SMILES string of the molecule is CN=C(NCC(=O)NCCOC)NCC(C)c1ccc(C)cc1. The van der Waals surface area contributed by atoms with Crippen LogP contribution in [0.4, 0.5) is 0 Å². The molecule has 6 heteroatoms. The Balaban J connectivity index is 2.33. The molecule has 1 rings (SSSR count). The maximum Gasteiger partial charge on any atom is 0.239 e. The first-order chi connectivity index (χ1) is 11.1. The van der Waals surface area contributed by atoms with Gasteiger partial charge < -0.3 is 20.7 Å². The highest BCUT2D eigenvalue weighted by Crippen LogP contribution is 2.14. The van der Waals surface area contributed by atoms with Crippen molar-refractivity contribution in [2.45, 2.75) is 19.8 Å². The van der Waals surface area contributed by atoms with E-state index in [9.17, 15) is 4.79 Å². The van der Waals surface area contributed by atoms with Gasteiger partial charge in [0.15, 0.2) is 5.96 Å². The number of hydrogen-bond donors (Lipinski definition) is 3. The van der Waals surface area contributed by atoms with E-state index in [2.05, 4.69) is 59.1 Å². The van der Waals surface area contributed by atoms with E-state index in [1.54, 1.807) is 14.2 Å². The highest BCUT2D eigenvalue weighted by molar-refractivity contribution is 5.86. The number of aliphatic imine (C=N–C) groups is 1. The van der Waals surface area contributed by atoms with Crippen LogP contribution in [0.25, 0.3) is 0 Å². The predicted octanol–water partition coefficient (Wildman–Crippen LogP) is 1.03. The number of hydrogen-bond acceptors (Lipinski definition) is 3. The van der Waals surface area contributed by atoms with Crippen molar-refractivity contribution < 1.29 is 9.53 Å². The van der Waals surface area contributed by atoms with Gasteiger partial charge in [0, 0.05) is 27.2 Å². The molecule has 1 amide bonds. The van der Waals surface area contributed by atoms with Gasteiger partial charge in [0.25, 0.3) is 0 Å². The van der Waals surface area contributed by atoms with E-state index in [1.807, 2.05) is 0 Å². The molecule has 0 fully saturated rings. The molecule has 0 spiro atoms. The van der Waals surface area contributed by atoms with Crippen LogP contribution in [0.2, 0.25) is 0 Å². The number of nitrogens with one attached hydrogen (secondary N) is 3. The maximum atomic E-state index is 11.6. The Labute approximate surface area is 138 Å². The summed E-state index contributed by atoms with van der Waals surface area (Å²) in [6.45, 7) is 6.18. The fourth-order valence-corrected chi connectivity index (χ4v) is 2.00. The minimum Gasteiger partial charge on any atom is -0.383 e. The summed E-state index contributed by atoms with van der Waals surface area (Å²) in [5, 5.41) is 8.99. The third kappa shape index (κ3) is 7.65. The van der Waals surface area contributed by atoms with Crippen molar-refractivity contribution in [2.75, 3.05) is 40.4 Å². The smallest absolute Gasteiger partial charge is 0.239 e. The number of nitrogens with zero attached hydrogens (tertiary/aromatic N) is 1. The topological polar surface area (TPSA) is 74.8 Å². The standard InChI is InChI=1S/C17H28N4O2/c1-13-5-7-15(8-6-13)14(2)11-20-17(18-3)21-12-16(22)19-9-10-23-4/h5-8,14H,9-12H2,1-4H3,(H,19,22)(H2,18,20,21). The van der Waals surface area contributed by atoms with E-state index in [4.69, 9.17) is 4.74 Å². The Bertz CT molecular complexity index is 500. The minimum absolute atomic E-state index is 0.0865. The molecule has 0 heterocycles. The van der Waals surface area contributed by atoms with Crippen LogP contribution >= 0.6 is 0 Å². The van der Waals surface area contributed by atoms with E-state index in [-0.39, 0.29) is 12.5 Å². The Morgan fingerprint density at radius 3 is 2.52 bits per heavy atom. The molecule has 1 unspecified atom stereocenters. The van der Waals surface area contributed by atoms with Gasteiger partial charge in [-0.1, -0.05) is 36.8 Å². The fourth-order valence-electron chi connectivity index (χ4n) is 2.00. The van der Waals surface area contributed by atoms with Crippen LogP contribution in [0.3, 0.4) is 0 Å². The monoisotopic (exact) mass is 320 g/mol. The van der Waals surface area contributed by atoms with E-state index in [1.165, 1.54) is 11.1 Å². The first-order valence-corrected chi connectivity index (χ1v) is 7.83. The van der Waals surface area contributed by atoms with E-state index in [0.717, 1.165) is 6.54 Å². The summed E-state index contributed by atoms with van der Waals surface area (Å²) in [7, 11) is 3.29. The van der Waals surface area contributed by atoms with Crippen LogP contribution in [0.1, 0.15) is 24.0 Å². The number of carbonyl (C=O) groups excluding carboxylic acids is 1. The summed E-state index contributed by atoms with van der Waals surface area (Å²) in [4.78, 5) is 15.7. The lowest BCUT2D eigenvalue weighted by Gasteiger charge is -2.16. The second-order valence-corrected chi connectivity index (χ2v) is 5.46. The number of methoxy groups -OCH3 is 1. The molecule has 0 saturated heterocycles. The van der Waals surface area contributed by atoms with E-state index in [0.29, 0.717) is 25.0 Å². The Morgan fingerprint density at radius 2 is 1.91 bits per heavy atom. The normalized spacial score (nSPS) is 12.6. The first-order valence-electron chi connectivity index (χ1n) is 7.83. The molecule has 0 aliphatic heterocycles. The number of amides is 1. The Morgan fingerprint density at radius 1 is 1.22 bits per heavy atom. The van der Waals surface area contributed by atoms with Crippen molar-refractivity contribution in [3.05, 3.63) is 35.4 Å². The quantitative estimate of drug-likeness (QED) is 0.380. The molecule has 0 aliphatic carbocycles. The van der Waals surface area contributed by atoms with Gasteiger partial charge in [-0.2, -0.15) is 0 Å². The average Bonchev–Trinajstić information content (AvgIpc) is 2.55. The molecular formula is C17H28N4O2. The molecular weight excluding hydrogens is 292 g/mol. The van der Waals surface area contributed by atoms with Crippen LogP contribution in [-0.4, -0.2) is 52.3 Å². The number of aryl methyl sites for hydroxylation is 1. The molecule has 3 N–H and O–H groups in total. The van der Waals surface area contributed by atoms with Gasteiger partial charge in [-0.05, 0) is 18.4 Å². The molecule has 1 aromatic carbocycles. The van der Waals surface area contributed by atoms with Crippen LogP contribution in [0.15, 0.2) is 29.3 Å². The maximum absolute atomic E-state index is 11.6. The molecule has 6 nitrogen and oxygen atoms in total. The summed E-state index contributed by atoms with van der Waals surface area (Å²) in [6.07, 6.45) is 0. The summed E-state index contributed by atoms with van der Waals surface area (Å²) < 4.78 is 4.88. The molecule has 0 aliphatic rings. The first kappa shape index (κ1) is 19.0. The average molecular weight is 320 g/mol. The number of ether oxygens (including phenoxy) is 1. The summed E-state index contributed by atoms with van der Waals surface area (Å²) in [5.41, 5.74) is 2.53. The molecule has 0 bridgehead atoms. The van der Waals surface area contributed by atoms with Crippen molar-refractivity contribution in [1.82, 2.24) is 16.0 Å². The molecule has 0 radical (unpaired) electrons. The van der Waals surface area contributed by atoms with Crippen molar-refractivity contribution in [2.24, 2.45) is 4.99 Å². The molecule has 128 valence electrons. The lowest BCUT2D eigenvalue weighted by Crippen LogP contribution is -2.44. The Hall–Kier alpha value is -2.08. The van der Waals surface area contributed by atoms with Gasteiger partial charge in [-0.25, -0.2) is 0 Å². The summed E-state index contributed by atoms with van der Waals surface area (Å²) >= 11 is 0. The molecule has 0 saturated carbocycles. The largest absolute Gasteiger partial charge is 0.383 e. The zero-order valence-corrected chi connectivity index (χ0v) is 14.5. The number of guanidine groups is 1. The van der Waals surface area contributed by atoms with Gasteiger partial charge in [-0.15, -0.1) is 0 Å². The molecule has 1 aromatic rings. The second kappa shape index (κ2) is 10.6. The zero-order valence-electron chi connectivity index (χ0n) is 14.5. The molecule has 1 atom stereocenters. The minimum atomic E-state index is -0.0865. The predicted molar refractivity (Wildman–Crippen MR) is 93.8 cm³/mol. The number of rotatable bonds is 8. The third-order valence-corrected chi connectivity index (χ3v) is 3.49. The summed E-state index contributed by atoms with van der Waals surface area (Å²) in [5.74, 6) is 0.882. The highest BCUT2D eigenvalue weighted by Gasteiger charge is 2.07. The van der Waals surface area contributed by atoms with Crippen molar-refractivity contribution in [3.63, 3.8) is 0 Å². The van der Waals surface area contributed by atoms with Crippen molar-refractivity contribution >= 4 is 11.9 Å². The van der Waals surface area contributed by atoms with Crippen LogP contribution in [0, 0.1) is 6.92 Å². The third-order valence-electron chi connectivity index (χ3n) is 3.49. The lowest BCUT2D eigenvalue weighted by molar-refractivity contribution is -0.120. The summed E-state index contributed by atoms with van der Waals surface area (Å²) in [6, 6.07) is 8.51. The number of carbonyl (C=O) groups is 1. The fraction of sp³-hybridized carbons (Fsp3) is 0.529. The van der Waals surface area contributed by atoms with E-state index < -0.39 is 0 Å². The van der Waals surface area contributed by atoms with Crippen LogP contribution in [-0.2, 0) is 9.53 Å². The lowest BCUT2D eigenvalue weighted by atomic mass is 10.0. The van der Waals surface area contributed by atoms with Crippen molar-refractivity contribution in [3.8, 4) is 0 Å². The second-order valence-electron chi connectivity index (χ2n) is 5.46. The molecule has 0 aromatic heterocycles. The van der Waals surface area contributed by atoms with Gasteiger partial charge in [0.05, 0.1) is 13.2 Å². The van der Waals surface area contributed by atoms with Crippen LogP contribution < -0.4 is 16.0 Å². The molecule has 23 heavy (non-hydrogen) atoms. The van der Waals surface area contributed by atoms with Crippen molar-refractivity contribution in [1.29, 1.82) is 0 Å². The van der Waals surface area contributed by atoms with Gasteiger partial charge in [0.1, 0.15) is 0 Å². The Kier molecular flexibility index (Phi) is 8.75. The zero-order chi connectivity index (χ0) is 17.1. The number of benzene rings is 1. The highest BCUT2D eigenvalue weighted by atomic mass is 16.5. The van der Waals surface area contributed by atoms with Gasteiger partial charge >= 0.3 is 0 Å². The van der Waals surface area contributed by atoms with E-state index >= 15 is 0 Å². The van der Waals surface area contributed by atoms with Crippen LogP contribution in [0.5, 0.6) is 0 Å². The van der Waals surface area contributed by atoms with Gasteiger partial charge in [-0.3, -0.25) is 9.79 Å². The van der Waals surface area contributed by atoms with Gasteiger partial charge in [0.2, 0.25) is 5.91 Å².